The Morgan fingerprint density at radius 1 is 1.15 bits per heavy atom. The summed E-state index contributed by atoms with van der Waals surface area (Å²) in [6, 6.07) is 10.0. The van der Waals surface area contributed by atoms with Gasteiger partial charge in [0.25, 0.3) is 5.91 Å². The fraction of sp³-hybridized carbons (Fsp3) is 0.0952. The second-order valence-electron chi connectivity index (χ2n) is 5.62. The number of nitrogens with zero attached hydrogens (tertiary/aromatic N) is 1. The van der Waals surface area contributed by atoms with E-state index < -0.39 is 5.97 Å². The average molecular weight is 364 g/mol. The van der Waals surface area contributed by atoms with Gasteiger partial charge >= 0.3 is 5.97 Å². The zero-order chi connectivity index (χ0) is 19.1. The summed E-state index contributed by atoms with van der Waals surface area (Å²) in [6.07, 6.45) is 11.6. The highest BCUT2D eigenvalue weighted by Crippen LogP contribution is 2.23. The Kier molecular flexibility index (Phi) is 5.79. The van der Waals surface area contributed by atoms with Crippen LogP contribution in [0.25, 0.3) is 0 Å². The van der Waals surface area contributed by atoms with Crippen LogP contribution >= 0.6 is 0 Å². The molecular formula is C21H20N2O4. The van der Waals surface area contributed by atoms with Crippen molar-refractivity contribution in [1.29, 1.82) is 0 Å². The minimum absolute atomic E-state index is 0. The SMILES string of the molecule is COC(=O)c1cc(NC(=O)c2ccccc2OC2=CC=CC=CC2)ccn1.[HH]. The summed E-state index contributed by atoms with van der Waals surface area (Å²) in [5.41, 5.74) is 0.929. The Balaban J connectivity index is 0.00000280. The smallest absolute Gasteiger partial charge is 0.356 e. The van der Waals surface area contributed by atoms with E-state index in [1.807, 2.05) is 30.4 Å². The Bertz CT molecular complexity index is 951. The van der Waals surface area contributed by atoms with Crippen molar-refractivity contribution in [3.05, 3.63) is 90.0 Å². The van der Waals surface area contributed by atoms with Gasteiger partial charge in [0.15, 0.2) is 0 Å². The lowest BCUT2D eigenvalue weighted by molar-refractivity contribution is 0.0594. The molecule has 6 heteroatoms. The third-order valence-corrected chi connectivity index (χ3v) is 3.74. The quantitative estimate of drug-likeness (QED) is 0.807. The largest absolute Gasteiger partial charge is 0.464 e. The maximum absolute atomic E-state index is 12.7. The van der Waals surface area contributed by atoms with Gasteiger partial charge in [0, 0.05) is 19.7 Å². The van der Waals surface area contributed by atoms with Crippen LogP contribution in [0.3, 0.4) is 0 Å². The molecule has 1 heterocycles. The summed E-state index contributed by atoms with van der Waals surface area (Å²) in [4.78, 5) is 28.2. The fourth-order valence-electron chi connectivity index (χ4n) is 2.44. The zero-order valence-corrected chi connectivity index (χ0v) is 14.7. The monoisotopic (exact) mass is 364 g/mol. The zero-order valence-electron chi connectivity index (χ0n) is 14.7. The summed E-state index contributed by atoms with van der Waals surface area (Å²) in [5, 5.41) is 2.75. The minimum atomic E-state index is -0.573. The number of para-hydroxylation sites is 1. The van der Waals surface area contributed by atoms with Crippen molar-refractivity contribution in [2.75, 3.05) is 12.4 Å². The molecule has 2 aromatic rings. The fourth-order valence-corrected chi connectivity index (χ4v) is 2.44. The number of hydrogen-bond donors (Lipinski definition) is 1. The van der Waals surface area contributed by atoms with Crippen LogP contribution < -0.4 is 10.1 Å². The number of hydrogen-bond acceptors (Lipinski definition) is 5. The molecular weight excluding hydrogens is 344 g/mol. The second-order valence-corrected chi connectivity index (χ2v) is 5.62. The van der Waals surface area contributed by atoms with Crippen molar-refractivity contribution in [3.8, 4) is 5.75 Å². The number of benzene rings is 1. The van der Waals surface area contributed by atoms with Crippen LogP contribution in [0, 0.1) is 0 Å². The Hall–Kier alpha value is -3.67. The molecule has 1 N–H and O–H groups in total. The van der Waals surface area contributed by atoms with Gasteiger partial charge in [-0.25, -0.2) is 9.78 Å². The Labute approximate surface area is 158 Å². The van der Waals surface area contributed by atoms with E-state index in [0.29, 0.717) is 23.4 Å². The molecule has 1 aliphatic carbocycles. The first-order chi connectivity index (χ1) is 13.2. The lowest BCUT2D eigenvalue weighted by Gasteiger charge is -2.13. The summed E-state index contributed by atoms with van der Waals surface area (Å²) in [5.74, 6) is 0.258. The van der Waals surface area contributed by atoms with Crippen molar-refractivity contribution >= 4 is 17.6 Å². The number of allylic oxidation sites excluding steroid dienone is 5. The van der Waals surface area contributed by atoms with Crippen LogP contribution in [-0.4, -0.2) is 24.0 Å². The van der Waals surface area contributed by atoms with Crippen molar-refractivity contribution in [1.82, 2.24) is 4.98 Å². The molecule has 6 nitrogen and oxygen atoms in total. The molecule has 1 aliphatic rings. The lowest BCUT2D eigenvalue weighted by Crippen LogP contribution is -2.14. The summed E-state index contributed by atoms with van der Waals surface area (Å²) in [6.45, 7) is 0. The number of pyridine rings is 1. The van der Waals surface area contributed by atoms with E-state index in [-0.39, 0.29) is 13.0 Å². The van der Waals surface area contributed by atoms with Gasteiger partial charge in [-0.05, 0) is 30.3 Å². The number of amides is 1. The van der Waals surface area contributed by atoms with Crippen LogP contribution in [0.1, 0.15) is 28.7 Å². The third kappa shape index (κ3) is 4.70. The first-order valence-electron chi connectivity index (χ1n) is 8.32. The van der Waals surface area contributed by atoms with Gasteiger partial charge in [0.2, 0.25) is 0 Å². The summed E-state index contributed by atoms with van der Waals surface area (Å²) >= 11 is 0. The van der Waals surface area contributed by atoms with E-state index >= 15 is 0 Å². The number of anilines is 1. The number of ether oxygens (including phenoxy) is 2. The Morgan fingerprint density at radius 2 is 2.00 bits per heavy atom. The highest BCUT2D eigenvalue weighted by molar-refractivity contribution is 6.06. The number of nitrogens with one attached hydrogen (secondary N) is 1. The molecule has 0 saturated carbocycles. The normalized spacial score (nSPS) is 12.7. The predicted octanol–water partition coefficient (Wildman–Crippen LogP) is 4.15. The number of methoxy groups -OCH3 is 1. The summed E-state index contributed by atoms with van der Waals surface area (Å²) < 4.78 is 10.6. The Morgan fingerprint density at radius 3 is 2.85 bits per heavy atom. The molecule has 0 unspecified atom stereocenters. The average Bonchev–Trinajstić information content (AvgIpc) is 2.96. The van der Waals surface area contributed by atoms with Crippen molar-refractivity contribution in [2.45, 2.75) is 6.42 Å². The number of rotatable bonds is 5. The molecule has 0 bridgehead atoms. The number of carbonyl (C=O) groups excluding carboxylic acids is 2. The molecule has 1 aromatic heterocycles. The highest BCUT2D eigenvalue weighted by atomic mass is 16.5. The molecule has 0 fully saturated rings. The van der Waals surface area contributed by atoms with Crippen LogP contribution in [0.4, 0.5) is 5.69 Å². The summed E-state index contributed by atoms with van der Waals surface area (Å²) in [7, 11) is 1.27. The van der Waals surface area contributed by atoms with Crippen LogP contribution in [-0.2, 0) is 4.74 Å². The highest BCUT2D eigenvalue weighted by Gasteiger charge is 2.15. The number of esters is 1. The molecule has 0 aliphatic heterocycles. The molecule has 0 radical (unpaired) electrons. The van der Waals surface area contributed by atoms with Crippen molar-refractivity contribution in [2.24, 2.45) is 0 Å². The minimum Gasteiger partial charge on any atom is -0.464 e. The first kappa shape index (κ1) is 18.1. The predicted molar refractivity (Wildman–Crippen MR) is 104 cm³/mol. The van der Waals surface area contributed by atoms with Crippen molar-refractivity contribution < 1.29 is 20.5 Å². The van der Waals surface area contributed by atoms with E-state index in [4.69, 9.17) is 4.74 Å². The third-order valence-electron chi connectivity index (χ3n) is 3.74. The molecule has 0 spiro atoms. The topological polar surface area (TPSA) is 77.5 Å². The van der Waals surface area contributed by atoms with Gasteiger partial charge in [0.1, 0.15) is 17.2 Å². The van der Waals surface area contributed by atoms with E-state index in [1.54, 1.807) is 30.3 Å². The van der Waals surface area contributed by atoms with Crippen LogP contribution in [0.5, 0.6) is 5.75 Å². The van der Waals surface area contributed by atoms with Gasteiger partial charge in [-0.3, -0.25) is 4.79 Å². The number of carbonyl (C=O) groups is 2. The van der Waals surface area contributed by atoms with Gasteiger partial charge in [-0.15, -0.1) is 0 Å². The maximum atomic E-state index is 12.7. The molecule has 1 amide bonds. The lowest BCUT2D eigenvalue weighted by atomic mass is 10.1. The first-order valence-corrected chi connectivity index (χ1v) is 8.32. The number of aromatic nitrogens is 1. The molecule has 0 atom stereocenters. The van der Waals surface area contributed by atoms with E-state index in [1.165, 1.54) is 19.4 Å². The van der Waals surface area contributed by atoms with Crippen LogP contribution in [0.15, 0.2) is 78.7 Å². The van der Waals surface area contributed by atoms with Crippen molar-refractivity contribution in [3.63, 3.8) is 0 Å². The molecule has 0 saturated heterocycles. The van der Waals surface area contributed by atoms with Gasteiger partial charge in [-0.1, -0.05) is 36.4 Å². The van der Waals surface area contributed by atoms with Crippen LogP contribution in [0.2, 0.25) is 0 Å². The standard InChI is InChI=1S/C21H18N2O4.H2/c1-26-21(25)18-14-15(12-13-22-18)23-20(24)17-10-6-7-11-19(17)27-16-8-4-2-3-5-9-16;/h2-8,10-14H,9H2,1H3,(H,22,23,24);1H. The van der Waals surface area contributed by atoms with E-state index in [2.05, 4.69) is 15.0 Å². The molecule has 138 valence electrons. The van der Waals surface area contributed by atoms with Gasteiger partial charge in [-0.2, -0.15) is 0 Å². The van der Waals surface area contributed by atoms with Gasteiger partial charge in [0.05, 0.1) is 12.7 Å². The maximum Gasteiger partial charge on any atom is 0.356 e. The van der Waals surface area contributed by atoms with E-state index in [0.717, 1.165) is 5.76 Å². The van der Waals surface area contributed by atoms with E-state index in [9.17, 15) is 9.59 Å². The second kappa shape index (κ2) is 8.62. The molecule has 3 rings (SSSR count). The molecule has 27 heavy (non-hydrogen) atoms. The van der Waals surface area contributed by atoms with Gasteiger partial charge < -0.3 is 14.8 Å². The molecule has 1 aromatic carbocycles.